The van der Waals surface area contributed by atoms with Gasteiger partial charge in [0.2, 0.25) is 0 Å². The number of allylic oxidation sites excluding steroid dienone is 6. The largest absolute Gasteiger partial charge is 0.545 e. The molecule has 0 rings (SSSR count). The van der Waals surface area contributed by atoms with Crippen LogP contribution in [0.4, 0.5) is 0 Å². The van der Waals surface area contributed by atoms with E-state index in [4.69, 9.17) is 18.9 Å². The highest BCUT2D eigenvalue weighted by atomic mass is 16.7. The zero-order valence-corrected chi connectivity index (χ0v) is 60.1. The van der Waals surface area contributed by atoms with E-state index in [0.717, 1.165) is 44.9 Å². The molecule has 0 saturated heterocycles. The number of carboxylic acids is 1. The quantitative estimate of drug-likeness (QED) is 0.0195. The second-order valence-electron chi connectivity index (χ2n) is 28.0. The van der Waals surface area contributed by atoms with Crippen LogP contribution in [0.15, 0.2) is 36.5 Å². The molecule has 0 fully saturated rings. The van der Waals surface area contributed by atoms with E-state index < -0.39 is 24.3 Å². The van der Waals surface area contributed by atoms with Crippen LogP contribution in [-0.2, 0) is 33.3 Å². The second kappa shape index (κ2) is 71.4. The number of esters is 2. The topological polar surface area (TPSA) is 111 Å². The molecule has 89 heavy (non-hydrogen) atoms. The van der Waals surface area contributed by atoms with Crippen LogP contribution in [0, 0.1) is 0 Å². The highest BCUT2D eigenvalue weighted by Crippen LogP contribution is 2.19. The van der Waals surface area contributed by atoms with Crippen LogP contribution in [-0.4, -0.2) is 82.3 Å². The number of likely N-dealkylation sites (N-methyl/N-ethyl adjacent to an activating group) is 1. The smallest absolute Gasteiger partial charge is 0.306 e. The molecule has 9 heteroatoms. The Bertz CT molecular complexity index is 1550. The fraction of sp³-hybridized carbons (Fsp3) is 0.887. The van der Waals surface area contributed by atoms with Crippen molar-refractivity contribution in [2.45, 2.75) is 411 Å². The van der Waals surface area contributed by atoms with E-state index in [2.05, 4.69) is 50.3 Å². The minimum atomic E-state index is -1.62. The molecule has 0 aliphatic heterocycles. The molecular formula is C80H151NO8. The number of unbranched alkanes of at least 4 members (excludes halogenated alkanes) is 53. The number of carbonyl (C=O) groups excluding carboxylic acids is 3. The summed E-state index contributed by atoms with van der Waals surface area (Å²) < 4.78 is 22.9. The zero-order chi connectivity index (χ0) is 64.7. The third-order valence-electron chi connectivity index (χ3n) is 17.9. The Labute approximate surface area is 553 Å². The lowest BCUT2D eigenvalue weighted by Gasteiger charge is -2.26. The fourth-order valence-electron chi connectivity index (χ4n) is 11.9. The van der Waals surface area contributed by atoms with Crippen molar-refractivity contribution in [3.8, 4) is 0 Å². The molecule has 0 aromatic heterocycles. The molecule has 0 aromatic rings. The predicted octanol–water partition coefficient (Wildman–Crippen LogP) is 23.4. The molecule has 2 atom stereocenters. The zero-order valence-electron chi connectivity index (χ0n) is 60.1. The Balaban J connectivity index is 3.97. The first-order valence-corrected chi connectivity index (χ1v) is 39.1. The van der Waals surface area contributed by atoms with Gasteiger partial charge in [0.15, 0.2) is 12.4 Å². The molecule has 0 aliphatic carbocycles. The number of carboxylic acid groups (broad SMARTS) is 1. The van der Waals surface area contributed by atoms with E-state index >= 15 is 0 Å². The van der Waals surface area contributed by atoms with Gasteiger partial charge in [-0.25, -0.2) is 0 Å². The van der Waals surface area contributed by atoms with Crippen molar-refractivity contribution in [2.24, 2.45) is 0 Å². The van der Waals surface area contributed by atoms with Gasteiger partial charge >= 0.3 is 11.9 Å². The molecule has 0 bridgehead atoms. The number of aliphatic carboxylic acids is 1. The van der Waals surface area contributed by atoms with Crippen molar-refractivity contribution in [3.05, 3.63) is 36.5 Å². The Morgan fingerprint density at radius 1 is 0.337 bits per heavy atom. The van der Waals surface area contributed by atoms with Gasteiger partial charge in [-0.1, -0.05) is 352 Å². The number of rotatable bonds is 74. The van der Waals surface area contributed by atoms with Gasteiger partial charge in [0.1, 0.15) is 13.2 Å². The number of hydrogen-bond donors (Lipinski definition) is 0. The Kier molecular flexibility index (Phi) is 69.4. The maximum Gasteiger partial charge on any atom is 0.306 e. The summed E-state index contributed by atoms with van der Waals surface area (Å²) in [6.45, 7) is 4.81. The van der Waals surface area contributed by atoms with Crippen LogP contribution in [0.5, 0.6) is 0 Å². The standard InChI is InChI=1S/C80H151NO8/c1-6-8-10-12-14-16-18-20-22-24-26-28-30-32-34-35-36-37-38-39-40-41-42-43-45-47-49-51-53-55-57-59-61-63-65-67-69-71-78(83)89-76(75-88-80(79(84)85)86-73-72-81(3,4)5)74-87-77(82)70-68-66-64-62-60-58-56-54-52-50-48-46-44-33-31-29-27-25-23-21-19-17-15-13-11-9-7-2/h18,20,24-27,76,80H,6-17,19,21-23,28-75H2,1-5H3/b20-18-,26-24-,27-25-. The van der Waals surface area contributed by atoms with Gasteiger partial charge in [0.05, 0.1) is 40.3 Å². The summed E-state index contributed by atoms with van der Waals surface area (Å²) in [6.07, 6.45) is 88.4. The van der Waals surface area contributed by atoms with Gasteiger partial charge in [-0.15, -0.1) is 0 Å². The average Bonchev–Trinajstić information content (AvgIpc) is 3.70. The summed E-state index contributed by atoms with van der Waals surface area (Å²) in [5, 5.41) is 11.8. The molecule has 0 heterocycles. The first-order chi connectivity index (χ1) is 43.6. The summed E-state index contributed by atoms with van der Waals surface area (Å²) >= 11 is 0. The predicted molar refractivity (Wildman–Crippen MR) is 380 cm³/mol. The number of carbonyl (C=O) groups is 3. The second-order valence-corrected chi connectivity index (χ2v) is 28.0. The molecule has 9 nitrogen and oxygen atoms in total. The summed E-state index contributed by atoms with van der Waals surface area (Å²) in [4.78, 5) is 37.6. The molecular weight excluding hydrogens is 1100 g/mol. The molecule has 0 saturated carbocycles. The van der Waals surface area contributed by atoms with Crippen molar-refractivity contribution >= 4 is 17.9 Å². The lowest BCUT2D eigenvalue weighted by molar-refractivity contribution is -0.870. The molecule has 0 radical (unpaired) electrons. The third kappa shape index (κ3) is 72.8. The van der Waals surface area contributed by atoms with Crippen molar-refractivity contribution in [3.63, 3.8) is 0 Å². The van der Waals surface area contributed by atoms with Crippen LogP contribution >= 0.6 is 0 Å². The molecule has 0 amide bonds. The van der Waals surface area contributed by atoms with Crippen LogP contribution in [0.25, 0.3) is 0 Å². The lowest BCUT2D eigenvalue weighted by atomic mass is 10.0. The maximum absolute atomic E-state index is 13.0. The number of ether oxygens (including phenoxy) is 4. The van der Waals surface area contributed by atoms with Crippen LogP contribution in [0.2, 0.25) is 0 Å². The molecule has 0 aromatic carbocycles. The summed E-state index contributed by atoms with van der Waals surface area (Å²) in [7, 11) is 5.95. The molecule has 0 spiro atoms. The first kappa shape index (κ1) is 86.5. The number of nitrogens with zero attached hydrogens (tertiary/aromatic N) is 1. The highest BCUT2D eigenvalue weighted by molar-refractivity contribution is 5.70. The van der Waals surface area contributed by atoms with Crippen molar-refractivity contribution in [2.75, 3.05) is 47.5 Å². The molecule has 0 aliphatic rings. The SMILES string of the molecule is CCCCCCC/C=C\C/C=C\CCCCCCCCCCCCCCCCCCCCCCCCCCCC(=O)OC(COC(=O)CCCCCCCCCCCCCCCCC/C=C\CCCCCCCCCC)COC(OCC[N+](C)(C)C)C(=O)[O-]. The minimum Gasteiger partial charge on any atom is -0.545 e. The van der Waals surface area contributed by atoms with Crippen molar-refractivity contribution < 1.29 is 42.9 Å². The van der Waals surface area contributed by atoms with E-state index in [0.29, 0.717) is 17.4 Å². The van der Waals surface area contributed by atoms with Gasteiger partial charge in [0, 0.05) is 12.8 Å². The van der Waals surface area contributed by atoms with Crippen LogP contribution < -0.4 is 5.11 Å². The van der Waals surface area contributed by atoms with Crippen molar-refractivity contribution in [1.82, 2.24) is 0 Å². The summed E-state index contributed by atoms with van der Waals surface area (Å²) in [5.74, 6) is -2.25. The van der Waals surface area contributed by atoms with Gasteiger partial charge in [0.25, 0.3) is 0 Å². The first-order valence-electron chi connectivity index (χ1n) is 39.1. The summed E-state index contributed by atoms with van der Waals surface area (Å²) in [6, 6.07) is 0. The lowest BCUT2D eigenvalue weighted by Crippen LogP contribution is -2.44. The number of quaternary nitrogens is 1. The minimum absolute atomic E-state index is 0.151. The monoisotopic (exact) mass is 1250 g/mol. The third-order valence-corrected chi connectivity index (χ3v) is 17.9. The Hall–Kier alpha value is -2.49. The van der Waals surface area contributed by atoms with E-state index in [9.17, 15) is 19.5 Å². The van der Waals surface area contributed by atoms with E-state index in [1.54, 1.807) is 0 Å². The van der Waals surface area contributed by atoms with Gasteiger partial charge < -0.3 is 33.3 Å². The average molecular weight is 1260 g/mol. The van der Waals surface area contributed by atoms with Gasteiger partial charge in [-0.3, -0.25) is 9.59 Å². The maximum atomic E-state index is 13.0. The van der Waals surface area contributed by atoms with E-state index in [-0.39, 0.29) is 32.2 Å². The fourth-order valence-corrected chi connectivity index (χ4v) is 11.9. The molecule has 2 unspecified atom stereocenters. The van der Waals surface area contributed by atoms with Crippen molar-refractivity contribution in [1.29, 1.82) is 0 Å². The van der Waals surface area contributed by atoms with Gasteiger partial charge in [-0.2, -0.15) is 0 Å². The summed E-state index contributed by atoms with van der Waals surface area (Å²) in [5.41, 5.74) is 0. The number of hydrogen-bond acceptors (Lipinski definition) is 8. The van der Waals surface area contributed by atoms with E-state index in [1.165, 1.54) is 327 Å². The van der Waals surface area contributed by atoms with E-state index in [1.807, 2.05) is 21.1 Å². The molecule has 524 valence electrons. The van der Waals surface area contributed by atoms with Crippen LogP contribution in [0.3, 0.4) is 0 Å². The Morgan fingerprint density at radius 2 is 0.607 bits per heavy atom. The van der Waals surface area contributed by atoms with Crippen LogP contribution in [0.1, 0.15) is 399 Å². The van der Waals surface area contributed by atoms with Gasteiger partial charge in [-0.05, 0) is 70.6 Å². The highest BCUT2D eigenvalue weighted by Gasteiger charge is 2.22. The normalized spacial score (nSPS) is 12.8. The Morgan fingerprint density at radius 3 is 0.899 bits per heavy atom. The molecule has 0 N–H and O–H groups in total.